The quantitative estimate of drug-likeness (QED) is 0.320. The number of ether oxygens (including phenoxy) is 3. The number of hydrogen-bond donors (Lipinski definition) is 4. The summed E-state index contributed by atoms with van der Waals surface area (Å²) in [6.07, 6.45) is -5.59. The van der Waals surface area contributed by atoms with E-state index in [9.17, 15) is 14.8 Å². The fraction of sp³-hybridized carbons (Fsp3) is 1.00. The Bertz CT molecular complexity index is 317. The van der Waals surface area contributed by atoms with Crippen LogP contribution in [0.3, 0.4) is 0 Å². The van der Waals surface area contributed by atoms with E-state index >= 15 is 0 Å². The zero-order chi connectivity index (χ0) is 15.3. The van der Waals surface area contributed by atoms with Gasteiger partial charge < -0.3 is 38.9 Å². The van der Waals surface area contributed by atoms with Crippen LogP contribution in [0.2, 0.25) is 0 Å². The molecule has 0 aromatic heterocycles. The minimum absolute atomic E-state index is 0.119. The summed E-state index contributed by atoms with van der Waals surface area (Å²) in [5.74, 6) is 0. The van der Waals surface area contributed by atoms with Crippen molar-refractivity contribution in [2.45, 2.75) is 30.7 Å². The van der Waals surface area contributed by atoms with Crippen molar-refractivity contribution >= 4 is 7.60 Å². The van der Waals surface area contributed by atoms with Gasteiger partial charge in [-0.25, -0.2) is 0 Å². The maximum Gasteiger partial charge on any atom is 0.325 e. The van der Waals surface area contributed by atoms with E-state index in [4.69, 9.17) is 24.2 Å². The number of hydrogen-bond acceptors (Lipinski definition) is 8. The first-order valence-corrected chi connectivity index (χ1v) is 8.04. The molecule has 10 heteroatoms. The molecule has 9 nitrogen and oxygen atoms in total. The van der Waals surface area contributed by atoms with E-state index in [1.807, 2.05) is 0 Å². The maximum absolute atomic E-state index is 10.9. The first-order valence-electron chi connectivity index (χ1n) is 6.01. The van der Waals surface area contributed by atoms with Gasteiger partial charge in [-0.2, -0.15) is 0 Å². The third-order valence-corrected chi connectivity index (χ3v) is 3.44. The molecule has 1 fully saturated rings. The first kappa shape index (κ1) is 18.0. The summed E-state index contributed by atoms with van der Waals surface area (Å²) in [6, 6.07) is 0. The lowest BCUT2D eigenvalue weighted by Gasteiger charge is -2.41. The van der Waals surface area contributed by atoms with E-state index in [1.165, 1.54) is 7.11 Å². The molecule has 0 spiro atoms. The van der Waals surface area contributed by atoms with Crippen molar-refractivity contribution in [1.82, 2.24) is 0 Å². The molecule has 6 atom stereocenters. The van der Waals surface area contributed by atoms with Crippen LogP contribution in [0.1, 0.15) is 0 Å². The van der Waals surface area contributed by atoms with Crippen molar-refractivity contribution in [1.29, 1.82) is 0 Å². The topological polar surface area (TPSA) is 135 Å². The predicted molar refractivity (Wildman–Crippen MR) is 66.2 cm³/mol. The second-order valence-corrected chi connectivity index (χ2v) is 6.28. The van der Waals surface area contributed by atoms with Crippen molar-refractivity contribution in [3.05, 3.63) is 0 Å². The molecular formula is C10H21O9P. The van der Waals surface area contributed by atoms with Gasteiger partial charge >= 0.3 is 7.60 Å². The molecule has 0 bridgehead atoms. The van der Waals surface area contributed by atoms with Crippen LogP contribution in [0.5, 0.6) is 0 Å². The molecule has 1 rings (SSSR count). The maximum atomic E-state index is 10.9. The zero-order valence-electron chi connectivity index (χ0n) is 11.3. The van der Waals surface area contributed by atoms with E-state index in [2.05, 4.69) is 4.52 Å². The third-order valence-electron chi connectivity index (χ3n) is 2.78. The number of aliphatic hydroxyl groups is 3. The Balaban J connectivity index is 2.53. The van der Waals surface area contributed by atoms with Crippen LogP contribution in [-0.4, -0.2) is 84.5 Å². The molecule has 1 aliphatic rings. The van der Waals surface area contributed by atoms with Gasteiger partial charge in [0.15, 0.2) is 6.29 Å². The Hall–Kier alpha value is -0.0900. The van der Waals surface area contributed by atoms with Crippen molar-refractivity contribution < 1.29 is 43.5 Å². The van der Waals surface area contributed by atoms with Crippen LogP contribution in [0.4, 0.5) is 0 Å². The molecule has 0 saturated carbocycles. The summed E-state index contributed by atoms with van der Waals surface area (Å²) in [7, 11) is -2.29. The van der Waals surface area contributed by atoms with Crippen molar-refractivity contribution in [3.63, 3.8) is 0 Å². The summed E-state index contributed by atoms with van der Waals surface area (Å²) in [6.45, 7) is 0.271. The van der Waals surface area contributed by atoms with E-state index in [0.29, 0.717) is 0 Å². The summed E-state index contributed by atoms with van der Waals surface area (Å²) < 4.78 is 30.8. The SMILES string of the molecule is CO[C@@H]1O[C@H](CO)[C@H](O)[C@H](OCCOP(C)(=O)O)[C@H]1O. The predicted octanol–water partition coefficient (Wildman–Crippen LogP) is -1.71. The minimum atomic E-state index is -3.60. The lowest BCUT2D eigenvalue weighted by atomic mass is 9.99. The van der Waals surface area contributed by atoms with Gasteiger partial charge in [0.25, 0.3) is 0 Å². The Morgan fingerprint density at radius 3 is 2.40 bits per heavy atom. The summed E-state index contributed by atoms with van der Waals surface area (Å²) in [5, 5.41) is 28.9. The van der Waals surface area contributed by atoms with Gasteiger partial charge in [0, 0.05) is 13.8 Å². The molecule has 1 aliphatic heterocycles. The number of aliphatic hydroxyl groups excluding tert-OH is 3. The number of methoxy groups -OCH3 is 1. The standard InChI is InChI=1S/C10H21O9P/c1-16-10-8(13)9(7(12)6(5-11)19-10)17-3-4-18-20(2,14)15/h6-13H,3-5H2,1-2H3,(H,14,15)/t6-,7+,8-,9+,10-/m1/s1. The van der Waals surface area contributed by atoms with E-state index in [1.54, 1.807) is 0 Å². The Kier molecular flexibility index (Phi) is 6.99. The van der Waals surface area contributed by atoms with Crippen LogP contribution >= 0.6 is 7.60 Å². The first-order chi connectivity index (χ1) is 9.30. The highest BCUT2D eigenvalue weighted by Gasteiger charge is 2.45. The highest BCUT2D eigenvalue weighted by molar-refractivity contribution is 7.51. The van der Waals surface area contributed by atoms with Crippen molar-refractivity contribution in [3.8, 4) is 0 Å². The second-order valence-electron chi connectivity index (χ2n) is 4.41. The molecule has 1 heterocycles. The summed E-state index contributed by atoms with van der Waals surface area (Å²) in [5.41, 5.74) is 0. The summed E-state index contributed by atoms with van der Waals surface area (Å²) >= 11 is 0. The highest BCUT2D eigenvalue weighted by atomic mass is 31.2. The van der Waals surface area contributed by atoms with Crippen LogP contribution in [0, 0.1) is 0 Å². The molecular weight excluding hydrogens is 295 g/mol. The molecule has 1 saturated heterocycles. The molecule has 1 unspecified atom stereocenters. The third kappa shape index (κ3) is 5.03. The Morgan fingerprint density at radius 2 is 1.90 bits per heavy atom. The van der Waals surface area contributed by atoms with Crippen LogP contribution in [0.25, 0.3) is 0 Å². The van der Waals surface area contributed by atoms with Gasteiger partial charge in [0.2, 0.25) is 0 Å². The second kappa shape index (κ2) is 7.79. The molecule has 120 valence electrons. The molecule has 0 radical (unpaired) electrons. The Labute approximate surface area is 116 Å². The van der Waals surface area contributed by atoms with Crippen LogP contribution in [0.15, 0.2) is 0 Å². The average molecular weight is 316 g/mol. The highest BCUT2D eigenvalue weighted by Crippen LogP contribution is 2.36. The van der Waals surface area contributed by atoms with Gasteiger partial charge in [-0.1, -0.05) is 0 Å². The lowest BCUT2D eigenvalue weighted by Crippen LogP contribution is -2.60. The van der Waals surface area contributed by atoms with Gasteiger partial charge in [0.05, 0.1) is 19.8 Å². The van der Waals surface area contributed by atoms with Crippen molar-refractivity contribution in [2.75, 3.05) is 33.6 Å². The molecule has 20 heavy (non-hydrogen) atoms. The van der Waals surface area contributed by atoms with Crippen LogP contribution in [-0.2, 0) is 23.3 Å². The molecule has 0 aromatic carbocycles. The molecule has 0 amide bonds. The molecule has 0 aromatic rings. The number of rotatable bonds is 7. The fourth-order valence-corrected chi connectivity index (χ4v) is 2.25. The normalized spacial score (nSPS) is 37.6. The van der Waals surface area contributed by atoms with Crippen molar-refractivity contribution in [2.24, 2.45) is 0 Å². The monoisotopic (exact) mass is 316 g/mol. The van der Waals surface area contributed by atoms with E-state index in [0.717, 1.165) is 6.66 Å². The summed E-state index contributed by atoms with van der Waals surface area (Å²) in [4.78, 5) is 8.92. The average Bonchev–Trinajstić information content (AvgIpc) is 2.37. The molecule has 4 N–H and O–H groups in total. The van der Waals surface area contributed by atoms with Gasteiger partial charge in [-0.3, -0.25) is 4.57 Å². The fourth-order valence-electron chi connectivity index (χ4n) is 1.84. The zero-order valence-corrected chi connectivity index (χ0v) is 12.2. The van der Waals surface area contributed by atoms with Gasteiger partial charge in [0.1, 0.15) is 24.4 Å². The van der Waals surface area contributed by atoms with Gasteiger partial charge in [-0.05, 0) is 0 Å². The Morgan fingerprint density at radius 1 is 1.25 bits per heavy atom. The van der Waals surface area contributed by atoms with E-state index in [-0.39, 0.29) is 13.2 Å². The van der Waals surface area contributed by atoms with E-state index < -0.39 is 44.9 Å². The smallest absolute Gasteiger partial charge is 0.325 e. The largest absolute Gasteiger partial charge is 0.394 e. The lowest BCUT2D eigenvalue weighted by molar-refractivity contribution is -0.301. The minimum Gasteiger partial charge on any atom is -0.394 e. The molecule has 0 aliphatic carbocycles. The van der Waals surface area contributed by atoms with Gasteiger partial charge in [-0.15, -0.1) is 0 Å². The van der Waals surface area contributed by atoms with Crippen LogP contribution < -0.4 is 0 Å².